The molecule has 3 aromatic carbocycles. The number of nitrogens with zero attached hydrogens (tertiary/aromatic N) is 1. The van der Waals surface area contributed by atoms with E-state index in [1.807, 2.05) is 42.5 Å². The molecule has 2 atom stereocenters. The van der Waals surface area contributed by atoms with Crippen molar-refractivity contribution in [1.29, 1.82) is 0 Å². The van der Waals surface area contributed by atoms with Gasteiger partial charge in [0.25, 0.3) is 5.91 Å². The van der Waals surface area contributed by atoms with Gasteiger partial charge in [-0.3, -0.25) is 9.59 Å². The highest BCUT2D eigenvalue weighted by Gasteiger charge is 2.48. The van der Waals surface area contributed by atoms with E-state index in [0.29, 0.717) is 44.5 Å². The average molecular weight is 461 g/mol. The predicted molar refractivity (Wildman–Crippen MR) is 129 cm³/mol. The van der Waals surface area contributed by atoms with Crippen LogP contribution in [0.2, 0.25) is 0 Å². The summed E-state index contributed by atoms with van der Waals surface area (Å²) in [4.78, 5) is 27.6. The van der Waals surface area contributed by atoms with Gasteiger partial charge in [-0.05, 0) is 53.6 Å². The molecule has 2 amide bonds. The topological polar surface area (TPSA) is 69.6 Å². The third-order valence-corrected chi connectivity index (χ3v) is 7.80. The van der Waals surface area contributed by atoms with Crippen molar-refractivity contribution in [2.45, 2.75) is 37.7 Å². The maximum atomic E-state index is 13.5. The van der Waals surface area contributed by atoms with Crippen LogP contribution in [0.1, 0.15) is 43.2 Å². The molecule has 0 aliphatic carbocycles. The summed E-state index contributed by atoms with van der Waals surface area (Å²) in [5.74, 6) is -0.534. The highest BCUT2D eigenvalue weighted by atomic mass is 19.1. The standard InChI is InChI=1S/C28H29FN2O3/c1-27(34,23-8-4-6-19-5-2-3-7-22(19)23)26(33)31-15-13-28(14-16-31)17-25(32)30-18-24(28)20-9-11-21(29)12-10-20/h2-12,24,34H,13-18H2,1H3,(H,30,32)/t24-,27-/m0/s1. The monoisotopic (exact) mass is 460 g/mol. The Morgan fingerprint density at radius 1 is 1.06 bits per heavy atom. The number of rotatable bonds is 3. The quantitative estimate of drug-likeness (QED) is 0.618. The number of carbonyl (C=O) groups is 2. The summed E-state index contributed by atoms with van der Waals surface area (Å²) in [5, 5.41) is 16.2. The van der Waals surface area contributed by atoms with E-state index in [1.54, 1.807) is 24.0 Å². The minimum Gasteiger partial charge on any atom is -0.375 e. The number of carbonyl (C=O) groups excluding carboxylic acids is 2. The van der Waals surface area contributed by atoms with Crippen molar-refractivity contribution in [2.75, 3.05) is 19.6 Å². The number of amides is 2. The summed E-state index contributed by atoms with van der Waals surface area (Å²) in [7, 11) is 0. The zero-order valence-electron chi connectivity index (χ0n) is 19.3. The first kappa shape index (κ1) is 22.5. The minimum absolute atomic E-state index is 0.0147. The molecule has 176 valence electrons. The van der Waals surface area contributed by atoms with Crippen LogP contribution in [0.4, 0.5) is 4.39 Å². The lowest BCUT2D eigenvalue weighted by Crippen LogP contribution is -2.55. The maximum Gasteiger partial charge on any atom is 0.258 e. The molecule has 2 fully saturated rings. The number of fused-ring (bicyclic) bond motifs is 1. The summed E-state index contributed by atoms with van der Waals surface area (Å²) in [6.07, 6.45) is 1.69. The molecule has 34 heavy (non-hydrogen) atoms. The van der Waals surface area contributed by atoms with Crippen molar-refractivity contribution in [3.8, 4) is 0 Å². The van der Waals surface area contributed by atoms with Gasteiger partial charge in [-0.15, -0.1) is 0 Å². The first-order valence-corrected chi connectivity index (χ1v) is 11.8. The van der Waals surface area contributed by atoms with Crippen LogP contribution in [0.25, 0.3) is 10.8 Å². The van der Waals surface area contributed by atoms with Crippen LogP contribution in [-0.4, -0.2) is 41.5 Å². The van der Waals surface area contributed by atoms with Crippen molar-refractivity contribution in [1.82, 2.24) is 10.2 Å². The molecule has 2 saturated heterocycles. The molecule has 2 aliphatic heterocycles. The van der Waals surface area contributed by atoms with E-state index < -0.39 is 5.60 Å². The van der Waals surface area contributed by atoms with Gasteiger partial charge in [0, 0.05) is 37.5 Å². The molecular weight excluding hydrogens is 431 g/mol. The molecule has 0 saturated carbocycles. The molecule has 0 radical (unpaired) electrons. The molecule has 6 heteroatoms. The van der Waals surface area contributed by atoms with E-state index in [4.69, 9.17) is 0 Å². The molecule has 0 unspecified atom stereocenters. The molecule has 1 spiro atoms. The van der Waals surface area contributed by atoms with Crippen LogP contribution in [0.3, 0.4) is 0 Å². The Balaban J connectivity index is 1.38. The smallest absolute Gasteiger partial charge is 0.258 e. The zero-order valence-corrected chi connectivity index (χ0v) is 19.3. The van der Waals surface area contributed by atoms with Crippen molar-refractivity contribution in [3.63, 3.8) is 0 Å². The Morgan fingerprint density at radius 3 is 2.47 bits per heavy atom. The highest BCUT2D eigenvalue weighted by molar-refractivity contribution is 5.94. The summed E-state index contributed by atoms with van der Waals surface area (Å²) in [6, 6.07) is 19.9. The van der Waals surface area contributed by atoms with Crippen LogP contribution < -0.4 is 5.32 Å². The molecule has 2 aliphatic rings. The first-order chi connectivity index (χ1) is 16.3. The third-order valence-electron chi connectivity index (χ3n) is 7.80. The van der Waals surface area contributed by atoms with Gasteiger partial charge in [0.05, 0.1) is 0 Å². The number of hydrogen-bond donors (Lipinski definition) is 2. The number of aliphatic hydroxyl groups is 1. The minimum atomic E-state index is -1.66. The van der Waals surface area contributed by atoms with Crippen molar-refractivity contribution in [3.05, 3.63) is 83.7 Å². The summed E-state index contributed by atoms with van der Waals surface area (Å²) < 4.78 is 13.5. The summed E-state index contributed by atoms with van der Waals surface area (Å²) >= 11 is 0. The summed E-state index contributed by atoms with van der Waals surface area (Å²) in [6.45, 7) is 3.00. The van der Waals surface area contributed by atoms with E-state index in [1.165, 1.54) is 12.1 Å². The Kier molecular flexibility index (Phi) is 5.64. The van der Waals surface area contributed by atoms with E-state index in [0.717, 1.165) is 16.3 Å². The maximum absolute atomic E-state index is 13.5. The fraction of sp³-hybridized carbons (Fsp3) is 0.357. The van der Waals surface area contributed by atoms with E-state index in [-0.39, 0.29) is 29.0 Å². The highest BCUT2D eigenvalue weighted by Crippen LogP contribution is 2.49. The summed E-state index contributed by atoms with van der Waals surface area (Å²) in [5.41, 5.74) is -0.352. The molecule has 0 aromatic heterocycles. The molecule has 5 rings (SSSR count). The molecule has 5 nitrogen and oxygen atoms in total. The largest absolute Gasteiger partial charge is 0.375 e. The van der Waals surface area contributed by atoms with Crippen molar-refractivity contribution in [2.24, 2.45) is 5.41 Å². The Labute approximate surface area is 198 Å². The molecule has 0 bridgehead atoms. The van der Waals surface area contributed by atoms with Gasteiger partial charge >= 0.3 is 0 Å². The van der Waals surface area contributed by atoms with Crippen LogP contribution in [0.15, 0.2) is 66.7 Å². The van der Waals surface area contributed by atoms with Crippen LogP contribution >= 0.6 is 0 Å². The van der Waals surface area contributed by atoms with Crippen molar-refractivity contribution < 1.29 is 19.1 Å². The second kappa shape index (κ2) is 8.51. The number of likely N-dealkylation sites (tertiary alicyclic amines) is 1. The van der Waals surface area contributed by atoms with Crippen LogP contribution in [0.5, 0.6) is 0 Å². The Bertz CT molecular complexity index is 1220. The molecule has 2 N–H and O–H groups in total. The van der Waals surface area contributed by atoms with Crippen LogP contribution in [0, 0.1) is 11.2 Å². The number of hydrogen-bond acceptors (Lipinski definition) is 3. The number of benzene rings is 3. The third kappa shape index (κ3) is 3.86. The fourth-order valence-electron chi connectivity index (χ4n) is 5.86. The second-order valence-electron chi connectivity index (χ2n) is 9.84. The van der Waals surface area contributed by atoms with Gasteiger partial charge in [-0.2, -0.15) is 0 Å². The van der Waals surface area contributed by atoms with Crippen LogP contribution in [-0.2, 0) is 15.2 Å². The normalized spacial score (nSPS) is 21.8. The molecule has 3 aromatic rings. The predicted octanol–water partition coefficient (Wildman–Crippen LogP) is 4.10. The Hall–Kier alpha value is -3.25. The molecule has 2 heterocycles. The number of halogens is 1. The van der Waals surface area contributed by atoms with E-state index in [9.17, 15) is 19.1 Å². The zero-order chi connectivity index (χ0) is 23.9. The number of piperidine rings is 2. The van der Waals surface area contributed by atoms with Gasteiger partial charge in [0.2, 0.25) is 5.91 Å². The Morgan fingerprint density at radius 2 is 1.74 bits per heavy atom. The lowest BCUT2D eigenvalue weighted by Gasteiger charge is -2.49. The van der Waals surface area contributed by atoms with Gasteiger partial charge in [-0.1, -0.05) is 54.6 Å². The van der Waals surface area contributed by atoms with Gasteiger partial charge < -0.3 is 15.3 Å². The first-order valence-electron chi connectivity index (χ1n) is 11.8. The lowest BCUT2D eigenvalue weighted by molar-refractivity contribution is -0.153. The fourth-order valence-corrected chi connectivity index (χ4v) is 5.86. The van der Waals surface area contributed by atoms with Gasteiger partial charge in [-0.25, -0.2) is 4.39 Å². The van der Waals surface area contributed by atoms with E-state index >= 15 is 0 Å². The molecular formula is C28H29FN2O3. The lowest BCUT2D eigenvalue weighted by atomic mass is 9.62. The van der Waals surface area contributed by atoms with Gasteiger partial charge in [0.1, 0.15) is 5.82 Å². The van der Waals surface area contributed by atoms with Crippen molar-refractivity contribution >= 4 is 22.6 Å². The van der Waals surface area contributed by atoms with E-state index in [2.05, 4.69) is 5.32 Å². The second-order valence-corrected chi connectivity index (χ2v) is 9.84. The van der Waals surface area contributed by atoms with Gasteiger partial charge in [0.15, 0.2) is 5.60 Å². The number of nitrogens with one attached hydrogen (secondary N) is 1. The SMILES string of the molecule is C[C@@](O)(C(=O)N1CCC2(CC1)CC(=O)NC[C@H]2c1ccc(F)cc1)c1cccc2ccccc12. The average Bonchev–Trinajstić information content (AvgIpc) is 2.84.